The van der Waals surface area contributed by atoms with E-state index in [4.69, 9.17) is 9.47 Å². The highest BCUT2D eigenvalue weighted by Gasteiger charge is 2.23. The van der Waals surface area contributed by atoms with Crippen LogP contribution in [0.5, 0.6) is 0 Å². The van der Waals surface area contributed by atoms with E-state index in [0.29, 0.717) is 5.76 Å². The number of ether oxygens (including phenoxy) is 2. The van der Waals surface area contributed by atoms with Gasteiger partial charge in [-0.15, -0.1) is 0 Å². The predicted molar refractivity (Wildman–Crippen MR) is 39.9 cm³/mol. The van der Waals surface area contributed by atoms with Gasteiger partial charge < -0.3 is 9.47 Å². The number of carbonyl (C=O) groups excluding carboxylic acids is 1. The lowest BCUT2D eigenvalue weighted by Crippen LogP contribution is -2.11. The van der Waals surface area contributed by atoms with Crippen LogP contribution in [0.3, 0.4) is 0 Å². The summed E-state index contributed by atoms with van der Waals surface area (Å²) in [6.45, 7) is 5.62. The van der Waals surface area contributed by atoms with Crippen molar-refractivity contribution in [1.82, 2.24) is 0 Å². The van der Waals surface area contributed by atoms with Crippen LogP contribution in [0.4, 0.5) is 0 Å². The largest absolute Gasteiger partial charge is 0.491 e. The van der Waals surface area contributed by atoms with Crippen LogP contribution in [-0.4, -0.2) is 18.2 Å². The van der Waals surface area contributed by atoms with Crippen LogP contribution in [0.25, 0.3) is 0 Å². The van der Waals surface area contributed by atoms with Crippen molar-refractivity contribution in [2.45, 2.75) is 33.0 Å². The van der Waals surface area contributed by atoms with Crippen molar-refractivity contribution in [3.05, 3.63) is 11.8 Å². The molecule has 0 bridgehead atoms. The zero-order valence-electron chi connectivity index (χ0n) is 6.96. The molecule has 0 N–H and O–H groups in total. The first-order chi connectivity index (χ1) is 5.09. The second-order valence-electron chi connectivity index (χ2n) is 2.79. The highest BCUT2D eigenvalue weighted by molar-refractivity contribution is 5.85. The van der Waals surface area contributed by atoms with Crippen molar-refractivity contribution in [3.63, 3.8) is 0 Å². The number of rotatable bonds is 2. The van der Waals surface area contributed by atoms with Gasteiger partial charge >= 0.3 is 5.97 Å². The predicted octanol–water partition coefficient (Wildman–Crippen LogP) is 1.24. The maximum Gasteiger partial charge on any atom is 0.335 e. The monoisotopic (exact) mass is 156 g/mol. The Balaban J connectivity index is 2.57. The molecular formula is C8H12O3. The van der Waals surface area contributed by atoms with Crippen molar-refractivity contribution in [2.24, 2.45) is 0 Å². The van der Waals surface area contributed by atoms with E-state index in [1.54, 1.807) is 6.92 Å². The number of cyclic esters (lactones) is 1. The molecule has 0 aromatic heterocycles. The van der Waals surface area contributed by atoms with Gasteiger partial charge in [-0.1, -0.05) is 0 Å². The minimum absolute atomic E-state index is 0.0956. The van der Waals surface area contributed by atoms with E-state index < -0.39 is 0 Å². The first-order valence-electron chi connectivity index (χ1n) is 3.68. The number of esters is 1. The fourth-order valence-corrected chi connectivity index (χ4v) is 0.902. The molecule has 0 aliphatic carbocycles. The van der Waals surface area contributed by atoms with Gasteiger partial charge in [-0.2, -0.15) is 0 Å². The van der Waals surface area contributed by atoms with E-state index >= 15 is 0 Å². The first-order valence-corrected chi connectivity index (χ1v) is 3.68. The molecule has 3 heteroatoms. The first kappa shape index (κ1) is 8.11. The third-order valence-electron chi connectivity index (χ3n) is 1.33. The normalized spacial score (nSPS) is 23.5. The standard InChI is InChI=1S/C8H12O3/c1-5(2)10-7-4-8(9)11-6(7)3/h4-6H,1-3H3. The van der Waals surface area contributed by atoms with Crippen LogP contribution in [0.15, 0.2) is 11.8 Å². The second-order valence-corrected chi connectivity index (χ2v) is 2.79. The molecule has 1 aliphatic rings. The number of hydrogen-bond donors (Lipinski definition) is 0. The average Bonchev–Trinajstić information content (AvgIpc) is 2.09. The van der Waals surface area contributed by atoms with Crippen molar-refractivity contribution < 1.29 is 14.3 Å². The second kappa shape index (κ2) is 2.95. The molecule has 0 fully saturated rings. The van der Waals surface area contributed by atoms with Gasteiger partial charge in [-0.05, 0) is 20.8 Å². The summed E-state index contributed by atoms with van der Waals surface area (Å²) >= 11 is 0. The summed E-state index contributed by atoms with van der Waals surface area (Å²) in [6, 6.07) is 0. The molecule has 0 radical (unpaired) electrons. The Morgan fingerprint density at radius 2 is 2.27 bits per heavy atom. The lowest BCUT2D eigenvalue weighted by Gasteiger charge is -2.13. The van der Waals surface area contributed by atoms with Gasteiger partial charge in [0.2, 0.25) is 0 Å². The average molecular weight is 156 g/mol. The van der Waals surface area contributed by atoms with Crippen molar-refractivity contribution in [3.8, 4) is 0 Å². The van der Waals surface area contributed by atoms with Gasteiger partial charge in [0.05, 0.1) is 12.2 Å². The van der Waals surface area contributed by atoms with E-state index in [9.17, 15) is 4.79 Å². The molecule has 0 aromatic carbocycles. The summed E-state index contributed by atoms with van der Waals surface area (Å²) in [7, 11) is 0. The molecule has 3 nitrogen and oxygen atoms in total. The maximum atomic E-state index is 10.7. The van der Waals surface area contributed by atoms with E-state index in [2.05, 4.69) is 0 Å². The summed E-state index contributed by atoms with van der Waals surface area (Å²) in [6.07, 6.45) is 1.27. The summed E-state index contributed by atoms with van der Waals surface area (Å²) in [5.41, 5.74) is 0. The topological polar surface area (TPSA) is 35.5 Å². The summed E-state index contributed by atoms with van der Waals surface area (Å²) in [5.74, 6) is 0.318. The highest BCUT2D eigenvalue weighted by atomic mass is 16.6. The molecule has 0 saturated carbocycles. The quantitative estimate of drug-likeness (QED) is 0.564. The fraction of sp³-hybridized carbons (Fsp3) is 0.625. The Bertz CT molecular complexity index is 194. The van der Waals surface area contributed by atoms with Gasteiger partial charge in [0, 0.05) is 0 Å². The van der Waals surface area contributed by atoms with Crippen LogP contribution in [0, 0.1) is 0 Å². The molecule has 0 spiro atoms. The Kier molecular flexibility index (Phi) is 2.17. The smallest absolute Gasteiger partial charge is 0.335 e. The van der Waals surface area contributed by atoms with Crippen LogP contribution in [-0.2, 0) is 14.3 Å². The van der Waals surface area contributed by atoms with Gasteiger partial charge in [-0.25, -0.2) is 4.79 Å². The van der Waals surface area contributed by atoms with E-state index in [0.717, 1.165) is 0 Å². The molecule has 0 aromatic rings. The Morgan fingerprint density at radius 3 is 2.64 bits per heavy atom. The minimum Gasteiger partial charge on any atom is -0.491 e. The van der Waals surface area contributed by atoms with E-state index in [-0.39, 0.29) is 18.2 Å². The van der Waals surface area contributed by atoms with E-state index in [1.807, 2.05) is 13.8 Å². The van der Waals surface area contributed by atoms with Gasteiger partial charge in [0.1, 0.15) is 5.76 Å². The number of hydrogen-bond acceptors (Lipinski definition) is 3. The van der Waals surface area contributed by atoms with Crippen molar-refractivity contribution in [1.29, 1.82) is 0 Å². The molecule has 1 unspecified atom stereocenters. The number of carbonyl (C=O) groups is 1. The lowest BCUT2D eigenvalue weighted by atomic mass is 10.3. The van der Waals surface area contributed by atoms with Crippen molar-refractivity contribution in [2.75, 3.05) is 0 Å². The molecular weight excluding hydrogens is 144 g/mol. The summed E-state index contributed by atoms with van der Waals surface area (Å²) in [5, 5.41) is 0. The zero-order chi connectivity index (χ0) is 8.43. The summed E-state index contributed by atoms with van der Waals surface area (Å²) < 4.78 is 10.1. The maximum absolute atomic E-state index is 10.7. The van der Waals surface area contributed by atoms with Crippen LogP contribution >= 0.6 is 0 Å². The Morgan fingerprint density at radius 1 is 1.64 bits per heavy atom. The van der Waals surface area contributed by atoms with Gasteiger partial charge in [0.15, 0.2) is 6.10 Å². The SMILES string of the molecule is CC(C)OC1=CC(=O)OC1C. The third-order valence-corrected chi connectivity index (χ3v) is 1.33. The lowest BCUT2D eigenvalue weighted by molar-refractivity contribution is -0.138. The van der Waals surface area contributed by atoms with Gasteiger partial charge in [0.25, 0.3) is 0 Å². The molecule has 1 atom stereocenters. The molecule has 1 heterocycles. The van der Waals surface area contributed by atoms with Crippen LogP contribution < -0.4 is 0 Å². The third kappa shape index (κ3) is 1.97. The van der Waals surface area contributed by atoms with Gasteiger partial charge in [-0.3, -0.25) is 0 Å². The molecule has 11 heavy (non-hydrogen) atoms. The highest BCUT2D eigenvalue weighted by Crippen LogP contribution is 2.17. The van der Waals surface area contributed by atoms with Crippen LogP contribution in [0.2, 0.25) is 0 Å². The molecule has 1 aliphatic heterocycles. The van der Waals surface area contributed by atoms with Crippen LogP contribution in [0.1, 0.15) is 20.8 Å². The fourth-order valence-electron chi connectivity index (χ4n) is 0.902. The molecule has 62 valence electrons. The van der Waals surface area contributed by atoms with Crippen molar-refractivity contribution >= 4 is 5.97 Å². The summed E-state index contributed by atoms with van der Waals surface area (Å²) in [4.78, 5) is 10.7. The molecule has 1 rings (SSSR count). The molecule has 0 amide bonds. The minimum atomic E-state index is -0.312. The Hall–Kier alpha value is -0.990. The van der Waals surface area contributed by atoms with E-state index in [1.165, 1.54) is 6.08 Å². The molecule has 0 saturated heterocycles. The Labute approximate surface area is 66.0 Å². The zero-order valence-corrected chi connectivity index (χ0v) is 6.96.